The minimum Gasteiger partial charge on any atom is -0.467 e. The summed E-state index contributed by atoms with van der Waals surface area (Å²) in [5.41, 5.74) is -1.94. The van der Waals surface area contributed by atoms with Crippen molar-refractivity contribution in [2.24, 2.45) is 0 Å². The van der Waals surface area contributed by atoms with Gasteiger partial charge in [-0.1, -0.05) is 6.42 Å². The molecule has 3 aliphatic rings. The van der Waals surface area contributed by atoms with Crippen LogP contribution in [0.4, 0.5) is 0 Å². The number of esters is 1. The van der Waals surface area contributed by atoms with Crippen LogP contribution in [0.2, 0.25) is 0 Å². The van der Waals surface area contributed by atoms with Crippen molar-refractivity contribution in [3.63, 3.8) is 0 Å². The number of carbonyl (C=O) groups is 1. The van der Waals surface area contributed by atoms with Crippen LogP contribution in [0.15, 0.2) is 0 Å². The smallest absolute Gasteiger partial charge is 0.340 e. The van der Waals surface area contributed by atoms with Gasteiger partial charge in [0, 0.05) is 26.4 Å². The average molecular weight is 316 g/mol. The molecule has 2 N–H and O–H groups in total. The second kappa shape index (κ2) is 5.72. The summed E-state index contributed by atoms with van der Waals surface area (Å²) in [4.78, 5) is 12.0. The van der Waals surface area contributed by atoms with Crippen molar-refractivity contribution in [1.29, 1.82) is 0 Å². The maximum Gasteiger partial charge on any atom is 0.340 e. The van der Waals surface area contributed by atoms with E-state index in [2.05, 4.69) is 4.74 Å². The molecule has 1 heterocycles. The van der Waals surface area contributed by atoms with Crippen LogP contribution in [0.25, 0.3) is 0 Å². The second-order valence-electron chi connectivity index (χ2n) is 6.48. The minimum atomic E-state index is -1.94. The Morgan fingerprint density at radius 1 is 1.14 bits per heavy atom. The molecule has 0 unspecified atom stereocenters. The molecule has 1 aliphatic heterocycles. The zero-order chi connectivity index (χ0) is 16.0. The quantitative estimate of drug-likeness (QED) is 0.698. The molecule has 5 atom stereocenters. The number of fused-ring (bicyclic) bond motifs is 1. The standard InChI is InChI=1S/C15H24O7/c1-19-12-11-10(9(16)8-15(12,18)13(17)20-2)21-14(22-11)6-4-3-5-7-14/h9-12,16,18H,3-8H2,1-2H3/t9-,10+,11+,12-,15+/m1/s1. The Kier molecular flexibility index (Phi) is 4.20. The molecule has 126 valence electrons. The number of aliphatic hydroxyl groups is 2. The monoisotopic (exact) mass is 316 g/mol. The fourth-order valence-corrected chi connectivity index (χ4v) is 4.04. The van der Waals surface area contributed by atoms with E-state index in [4.69, 9.17) is 14.2 Å². The molecule has 3 rings (SSSR count). The molecule has 7 heteroatoms. The molecule has 0 aromatic carbocycles. The summed E-state index contributed by atoms with van der Waals surface area (Å²) in [5, 5.41) is 21.1. The highest BCUT2D eigenvalue weighted by Crippen LogP contribution is 2.47. The van der Waals surface area contributed by atoms with Gasteiger partial charge in [0.1, 0.15) is 18.3 Å². The maximum absolute atomic E-state index is 12.0. The summed E-state index contributed by atoms with van der Waals surface area (Å²) in [6, 6.07) is 0. The molecule has 0 aromatic heterocycles. The van der Waals surface area contributed by atoms with E-state index in [-0.39, 0.29) is 6.42 Å². The summed E-state index contributed by atoms with van der Waals surface area (Å²) in [6.45, 7) is 0. The van der Waals surface area contributed by atoms with Gasteiger partial charge in [-0.05, 0) is 12.8 Å². The highest BCUT2D eigenvalue weighted by Gasteiger charge is 2.64. The van der Waals surface area contributed by atoms with E-state index < -0.39 is 41.8 Å². The molecular weight excluding hydrogens is 292 g/mol. The van der Waals surface area contributed by atoms with Crippen molar-refractivity contribution in [3.05, 3.63) is 0 Å². The predicted molar refractivity (Wildman–Crippen MR) is 73.9 cm³/mol. The summed E-state index contributed by atoms with van der Waals surface area (Å²) >= 11 is 0. The summed E-state index contributed by atoms with van der Waals surface area (Å²) in [6.07, 6.45) is 1.17. The molecule has 1 spiro atoms. The van der Waals surface area contributed by atoms with Gasteiger partial charge >= 0.3 is 5.97 Å². The van der Waals surface area contributed by atoms with Crippen molar-refractivity contribution < 1.29 is 34.0 Å². The third-order valence-electron chi connectivity index (χ3n) is 5.10. The molecule has 2 aliphatic carbocycles. The van der Waals surface area contributed by atoms with Gasteiger partial charge in [-0.15, -0.1) is 0 Å². The molecule has 3 fully saturated rings. The first-order valence-corrected chi connectivity index (χ1v) is 7.83. The van der Waals surface area contributed by atoms with Crippen molar-refractivity contribution >= 4 is 5.97 Å². The number of ether oxygens (including phenoxy) is 4. The maximum atomic E-state index is 12.0. The van der Waals surface area contributed by atoms with Gasteiger partial charge in [0.2, 0.25) is 0 Å². The SMILES string of the molecule is COC(=O)[C@]1(O)C[C@@H](O)[C@@H]2OC3(CCCCC3)O[C@@H]2[C@H]1OC. The molecule has 0 bridgehead atoms. The van der Waals surface area contributed by atoms with Crippen LogP contribution in [0.1, 0.15) is 38.5 Å². The molecule has 0 aromatic rings. The largest absolute Gasteiger partial charge is 0.467 e. The van der Waals surface area contributed by atoms with Crippen LogP contribution in [-0.4, -0.2) is 66.2 Å². The number of hydrogen-bond donors (Lipinski definition) is 2. The van der Waals surface area contributed by atoms with Crippen LogP contribution < -0.4 is 0 Å². The minimum absolute atomic E-state index is 0.196. The first kappa shape index (κ1) is 16.1. The Hall–Kier alpha value is -0.730. The van der Waals surface area contributed by atoms with E-state index >= 15 is 0 Å². The van der Waals surface area contributed by atoms with E-state index in [1.807, 2.05) is 0 Å². The summed E-state index contributed by atoms with van der Waals surface area (Å²) < 4.78 is 22.2. The third-order valence-corrected chi connectivity index (χ3v) is 5.10. The van der Waals surface area contributed by atoms with E-state index in [9.17, 15) is 15.0 Å². The fraction of sp³-hybridized carbons (Fsp3) is 0.933. The Labute approximate surface area is 129 Å². The molecule has 0 amide bonds. The van der Waals surface area contributed by atoms with Crippen molar-refractivity contribution in [1.82, 2.24) is 0 Å². The van der Waals surface area contributed by atoms with Gasteiger partial charge in [-0.25, -0.2) is 4.79 Å². The summed E-state index contributed by atoms with van der Waals surface area (Å²) in [7, 11) is 2.60. The van der Waals surface area contributed by atoms with E-state index in [0.717, 1.165) is 32.1 Å². The van der Waals surface area contributed by atoms with Gasteiger partial charge in [-0.3, -0.25) is 0 Å². The van der Waals surface area contributed by atoms with Gasteiger partial charge in [0.05, 0.1) is 13.2 Å². The molecular formula is C15H24O7. The fourth-order valence-electron chi connectivity index (χ4n) is 4.04. The lowest BCUT2D eigenvalue weighted by molar-refractivity contribution is -0.222. The van der Waals surface area contributed by atoms with Gasteiger partial charge in [0.15, 0.2) is 11.4 Å². The molecule has 0 radical (unpaired) electrons. The number of methoxy groups -OCH3 is 2. The van der Waals surface area contributed by atoms with Gasteiger partial charge < -0.3 is 29.2 Å². The first-order chi connectivity index (χ1) is 10.5. The Morgan fingerprint density at radius 2 is 1.77 bits per heavy atom. The first-order valence-electron chi connectivity index (χ1n) is 7.83. The van der Waals surface area contributed by atoms with E-state index in [1.165, 1.54) is 14.2 Å². The predicted octanol–water partition coefficient (Wildman–Crippen LogP) is 0.114. The second-order valence-corrected chi connectivity index (χ2v) is 6.48. The zero-order valence-electron chi connectivity index (χ0n) is 13.0. The molecule has 22 heavy (non-hydrogen) atoms. The average Bonchev–Trinajstić information content (AvgIpc) is 2.86. The molecule has 7 nitrogen and oxygen atoms in total. The highest BCUT2D eigenvalue weighted by atomic mass is 16.8. The lowest BCUT2D eigenvalue weighted by atomic mass is 9.77. The number of aliphatic hydroxyl groups excluding tert-OH is 1. The number of hydrogen-bond acceptors (Lipinski definition) is 7. The van der Waals surface area contributed by atoms with Crippen molar-refractivity contribution in [2.45, 2.75) is 74.3 Å². The van der Waals surface area contributed by atoms with E-state index in [1.54, 1.807) is 0 Å². The van der Waals surface area contributed by atoms with Crippen LogP contribution in [0.5, 0.6) is 0 Å². The Balaban J connectivity index is 1.88. The number of carbonyl (C=O) groups excluding carboxylic acids is 1. The Bertz CT molecular complexity index is 434. The normalized spacial score (nSPS) is 43.8. The van der Waals surface area contributed by atoms with E-state index in [0.29, 0.717) is 0 Å². The van der Waals surface area contributed by atoms with Crippen molar-refractivity contribution in [2.75, 3.05) is 14.2 Å². The van der Waals surface area contributed by atoms with Crippen LogP contribution in [0, 0.1) is 0 Å². The molecule has 2 saturated carbocycles. The topological polar surface area (TPSA) is 94.5 Å². The summed E-state index contributed by atoms with van der Waals surface area (Å²) in [5.74, 6) is -1.56. The van der Waals surface area contributed by atoms with Crippen LogP contribution >= 0.6 is 0 Å². The highest BCUT2D eigenvalue weighted by molar-refractivity contribution is 5.80. The van der Waals surface area contributed by atoms with Crippen molar-refractivity contribution in [3.8, 4) is 0 Å². The van der Waals surface area contributed by atoms with Crippen LogP contribution in [-0.2, 0) is 23.7 Å². The zero-order valence-corrected chi connectivity index (χ0v) is 13.0. The third kappa shape index (κ3) is 2.35. The lowest BCUT2D eigenvalue weighted by Crippen LogP contribution is -2.65. The van der Waals surface area contributed by atoms with Crippen LogP contribution in [0.3, 0.4) is 0 Å². The van der Waals surface area contributed by atoms with Gasteiger partial charge in [-0.2, -0.15) is 0 Å². The van der Waals surface area contributed by atoms with Gasteiger partial charge in [0.25, 0.3) is 0 Å². The lowest BCUT2D eigenvalue weighted by Gasteiger charge is -2.43. The number of rotatable bonds is 2. The Morgan fingerprint density at radius 3 is 2.36 bits per heavy atom. The molecule has 1 saturated heterocycles.